The van der Waals surface area contributed by atoms with Crippen LogP contribution in [0.15, 0.2) is 18.3 Å². The second-order valence-electron chi connectivity index (χ2n) is 3.46. The number of aryl methyl sites for hydroxylation is 2. The molecule has 0 aliphatic carbocycles. The zero-order chi connectivity index (χ0) is 10.3. The summed E-state index contributed by atoms with van der Waals surface area (Å²) in [5, 5.41) is 1.76. The van der Waals surface area contributed by atoms with Crippen molar-refractivity contribution in [3.63, 3.8) is 0 Å². The van der Waals surface area contributed by atoms with Crippen LogP contribution in [-0.4, -0.2) is 4.98 Å². The van der Waals surface area contributed by atoms with Gasteiger partial charge in [0.25, 0.3) is 0 Å². The fourth-order valence-corrected chi connectivity index (χ4v) is 1.63. The number of nitrogen functional groups attached to an aromatic ring is 1. The van der Waals surface area contributed by atoms with Crippen LogP contribution in [0.25, 0.3) is 10.8 Å². The third-order valence-electron chi connectivity index (χ3n) is 2.41. The number of nitrogens with zero attached hydrogens (tertiary/aromatic N) is 1. The summed E-state index contributed by atoms with van der Waals surface area (Å²) in [6.45, 7) is 3.50. The molecule has 0 atom stereocenters. The molecule has 1 aromatic carbocycles. The van der Waals surface area contributed by atoms with Gasteiger partial charge in [0, 0.05) is 11.6 Å². The van der Waals surface area contributed by atoms with Gasteiger partial charge in [0.05, 0.1) is 0 Å². The van der Waals surface area contributed by atoms with Gasteiger partial charge in [-0.15, -0.1) is 0 Å². The molecule has 2 N–H and O–H groups in total. The van der Waals surface area contributed by atoms with Crippen molar-refractivity contribution < 1.29 is 4.39 Å². The van der Waals surface area contributed by atoms with Crippen LogP contribution >= 0.6 is 0 Å². The molecule has 0 unspecified atom stereocenters. The number of hydrogen-bond acceptors (Lipinski definition) is 2. The number of anilines is 1. The van der Waals surface area contributed by atoms with Crippen LogP contribution in [0.5, 0.6) is 0 Å². The second-order valence-corrected chi connectivity index (χ2v) is 3.46. The van der Waals surface area contributed by atoms with E-state index >= 15 is 0 Å². The zero-order valence-electron chi connectivity index (χ0n) is 8.13. The minimum atomic E-state index is -0.163. The van der Waals surface area contributed by atoms with E-state index in [2.05, 4.69) is 4.98 Å². The molecule has 0 spiro atoms. The Morgan fingerprint density at radius 2 is 2.00 bits per heavy atom. The zero-order valence-corrected chi connectivity index (χ0v) is 8.13. The van der Waals surface area contributed by atoms with Crippen LogP contribution < -0.4 is 5.73 Å². The number of benzene rings is 1. The molecule has 0 aliphatic heterocycles. The highest BCUT2D eigenvalue weighted by Crippen LogP contribution is 2.24. The van der Waals surface area contributed by atoms with Crippen LogP contribution in [0.4, 0.5) is 10.2 Å². The maximum atomic E-state index is 13.5. The highest BCUT2D eigenvalue weighted by molar-refractivity contribution is 5.87. The Balaban J connectivity index is 2.91. The molecule has 0 saturated carbocycles. The SMILES string of the molecule is Cc1cc2cc(N)ncc2c(C)c1F. The number of rotatable bonds is 0. The molecule has 3 heteroatoms. The number of pyridine rings is 1. The van der Waals surface area contributed by atoms with E-state index in [9.17, 15) is 4.39 Å². The van der Waals surface area contributed by atoms with Gasteiger partial charge in [-0.1, -0.05) is 0 Å². The van der Waals surface area contributed by atoms with E-state index in [-0.39, 0.29) is 5.82 Å². The normalized spacial score (nSPS) is 10.8. The molecule has 0 radical (unpaired) electrons. The van der Waals surface area contributed by atoms with Crippen molar-refractivity contribution in [2.45, 2.75) is 13.8 Å². The van der Waals surface area contributed by atoms with Crippen molar-refractivity contribution in [3.8, 4) is 0 Å². The molecule has 1 aromatic heterocycles. The number of fused-ring (bicyclic) bond motifs is 1. The molecule has 0 fully saturated rings. The Morgan fingerprint density at radius 3 is 2.71 bits per heavy atom. The van der Waals surface area contributed by atoms with Gasteiger partial charge < -0.3 is 5.73 Å². The average Bonchev–Trinajstić information content (AvgIpc) is 2.14. The predicted molar refractivity (Wildman–Crippen MR) is 55.6 cm³/mol. The van der Waals surface area contributed by atoms with Gasteiger partial charge in [-0.05, 0) is 42.5 Å². The molecule has 2 nitrogen and oxygen atoms in total. The lowest BCUT2D eigenvalue weighted by Gasteiger charge is -2.06. The van der Waals surface area contributed by atoms with E-state index < -0.39 is 0 Å². The molecule has 14 heavy (non-hydrogen) atoms. The first-order valence-electron chi connectivity index (χ1n) is 4.40. The van der Waals surface area contributed by atoms with Crippen LogP contribution in [0.1, 0.15) is 11.1 Å². The van der Waals surface area contributed by atoms with Gasteiger partial charge >= 0.3 is 0 Å². The van der Waals surface area contributed by atoms with E-state index in [4.69, 9.17) is 5.73 Å². The topological polar surface area (TPSA) is 38.9 Å². The van der Waals surface area contributed by atoms with Gasteiger partial charge in [-0.2, -0.15) is 0 Å². The molecule has 0 amide bonds. The summed E-state index contributed by atoms with van der Waals surface area (Å²) < 4.78 is 13.5. The van der Waals surface area contributed by atoms with Crippen molar-refractivity contribution in [2.24, 2.45) is 0 Å². The first kappa shape index (κ1) is 8.94. The summed E-state index contributed by atoms with van der Waals surface area (Å²) in [4.78, 5) is 3.95. The summed E-state index contributed by atoms with van der Waals surface area (Å²) in [5.41, 5.74) is 6.83. The minimum absolute atomic E-state index is 0.163. The smallest absolute Gasteiger partial charge is 0.129 e. The summed E-state index contributed by atoms with van der Waals surface area (Å²) in [7, 11) is 0. The van der Waals surface area contributed by atoms with Gasteiger partial charge in [0.15, 0.2) is 0 Å². The molecule has 1 heterocycles. The highest BCUT2D eigenvalue weighted by atomic mass is 19.1. The molecule has 0 saturated heterocycles. The first-order chi connectivity index (χ1) is 6.59. The van der Waals surface area contributed by atoms with E-state index in [1.54, 1.807) is 32.2 Å². The highest BCUT2D eigenvalue weighted by Gasteiger charge is 2.07. The lowest BCUT2D eigenvalue weighted by molar-refractivity contribution is 0.612. The minimum Gasteiger partial charge on any atom is -0.384 e. The van der Waals surface area contributed by atoms with Crippen LogP contribution in [0.3, 0.4) is 0 Å². The molecule has 72 valence electrons. The number of halogens is 1. The van der Waals surface area contributed by atoms with Crippen molar-refractivity contribution in [2.75, 3.05) is 5.73 Å². The van der Waals surface area contributed by atoms with Crippen LogP contribution in [0.2, 0.25) is 0 Å². The fraction of sp³-hybridized carbons (Fsp3) is 0.182. The molecular weight excluding hydrogens is 179 g/mol. The van der Waals surface area contributed by atoms with Crippen LogP contribution in [0, 0.1) is 19.7 Å². The van der Waals surface area contributed by atoms with E-state index in [0.717, 1.165) is 10.8 Å². The Hall–Kier alpha value is -1.64. The van der Waals surface area contributed by atoms with E-state index in [1.807, 2.05) is 0 Å². The average molecular weight is 190 g/mol. The number of aromatic nitrogens is 1. The Labute approximate surface area is 81.6 Å². The molecule has 0 bridgehead atoms. The molecule has 2 aromatic rings. The fourth-order valence-electron chi connectivity index (χ4n) is 1.63. The quantitative estimate of drug-likeness (QED) is 0.693. The van der Waals surface area contributed by atoms with Crippen molar-refractivity contribution in [3.05, 3.63) is 35.3 Å². The van der Waals surface area contributed by atoms with Gasteiger partial charge in [-0.25, -0.2) is 9.37 Å². The van der Waals surface area contributed by atoms with Crippen molar-refractivity contribution in [1.82, 2.24) is 4.98 Å². The second kappa shape index (κ2) is 2.94. The first-order valence-corrected chi connectivity index (χ1v) is 4.40. The molecular formula is C11H11FN2. The summed E-state index contributed by atoms with van der Waals surface area (Å²) in [5.74, 6) is 0.298. The van der Waals surface area contributed by atoms with Gasteiger partial charge in [0.2, 0.25) is 0 Å². The lowest BCUT2D eigenvalue weighted by atomic mass is 10.0. The van der Waals surface area contributed by atoms with Gasteiger partial charge in [-0.3, -0.25) is 0 Å². The number of hydrogen-bond donors (Lipinski definition) is 1. The molecule has 2 rings (SSSR count). The van der Waals surface area contributed by atoms with Gasteiger partial charge in [0.1, 0.15) is 11.6 Å². The monoisotopic (exact) mass is 190 g/mol. The predicted octanol–water partition coefficient (Wildman–Crippen LogP) is 2.57. The Morgan fingerprint density at radius 1 is 1.29 bits per heavy atom. The van der Waals surface area contributed by atoms with Crippen molar-refractivity contribution in [1.29, 1.82) is 0 Å². The maximum absolute atomic E-state index is 13.5. The van der Waals surface area contributed by atoms with E-state index in [1.165, 1.54) is 0 Å². The standard InChI is InChI=1S/C11H11FN2/c1-6-3-8-4-10(13)14-5-9(8)7(2)11(6)12/h3-5H,1-2H3,(H2,13,14). The van der Waals surface area contributed by atoms with E-state index in [0.29, 0.717) is 16.9 Å². The largest absolute Gasteiger partial charge is 0.384 e. The Bertz CT molecular complexity index is 506. The number of nitrogens with two attached hydrogens (primary N) is 1. The van der Waals surface area contributed by atoms with Crippen LogP contribution in [-0.2, 0) is 0 Å². The summed E-state index contributed by atoms with van der Waals surface area (Å²) in [6.07, 6.45) is 1.61. The summed E-state index contributed by atoms with van der Waals surface area (Å²) in [6, 6.07) is 3.55. The lowest BCUT2D eigenvalue weighted by Crippen LogP contribution is -1.94. The third kappa shape index (κ3) is 1.21. The van der Waals surface area contributed by atoms with Crippen molar-refractivity contribution >= 4 is 16.6 Å². The Kier molecular flexibility index (Phi) is 1.88. The molecule has 0 aliphatic rings. The maximum Gasteiger partial charge on any atom is 0.129 e. The third-order valence-corrected chi connectivity index (χ3v) is 2.41. The summed E-state index contributed by atoms with van der Waals surface area (Å²) >= 11 is 0.